The maximum atomic E-state index is 13.0. The van der Waals surface area contributed by atoms with Crippen LogP contribution in [0.15, 0.2) is 24.3 Å². The van der Waals surface area contributed by atoms with Crippen LogP contribution in [0.2, 0.25) is 0 Å². The summed E-state index contributed by atoms with van der Waals surface area (Å²) >= 11 is 0. The maximum Gasteiger partial charge on any atom is 0.279 e. The van der Waals surface area contributed by atoms with E-state index in [1.54, 1.807) is 0 Å². The second kappa shape index (κ2) is 4.74. The van der Waals surface area contributed by atoms with Gasteiger partial charge in [-0.3, -0.25) is 14.5 Å². The van der Waals surface area contributed by atoms with E-state index in [9.17, 15) is 19.8 Å². The molecule has 134 valence electrons. The van der Waals surface area contributed by atoms with E-state index in [0.717, 1.165) is 22.6 Å². The molecule has 0 aromatic heterocycles. The summed E-state index contributed by atoms with van der Waals surface area (Å²) in [6.07, 6.45) is 1.11. The van der Waals surface area contributed by atoms with Gasteiger partial charge in [-0.15, -0.1) is 0 Å². The third-order valence-corrected chi connectivity index (χ3v) is 6.12. The molecule has 2 saturated heterocycles. The van der Waals surface area contributed by atoms with E-state index in [1.807, 2.05) is 31.2 Å². The predicted molar refractivity (Wildman–Crippen MR) is 90.2 cm³/mol. The summed E-state index contributed by atoms with van der Waals surface area (Å²) < 4.78 is 0. The molecule has 2 amide bonds. The fourth-order valence-electron chi connectivity index (χ4n) is 4.83. The number of para-hydroxylation sites is 1. The molecule has 0 radical (unpaired) electrons. The van der Waals surface area contributed by atoms with E-state index >= 15 is 0 Å². The average molecular weight is 345 g/mol. The minimum atomic E-state index is -1.98. The number of hydrogen-bond acceptors (Lipinski definition) is 5. The summed E-state index contributed by atoms with van der Waals surface area (Å²) in [6, 6.07) is 7.75. The van der Waals surface area contributed by atoms with Gasteiger partial charge in [0.2, 0.25) is 11.4 Å². The van der Waals surface area contributed by atoms with Crippen LogP contribution >= 0.6 is 0 Å². The summed E-state index contributed by atoms with van der Waals surface area (Å²) in [4.78, 5) is 28.0. The molecule has 1 aromatic rings. The van der Waals surface area contributed by atoms with Gasteiger partial charge in [-0.05, 0) is 25.0 Å². The molecule has 3 aliphatic rings. The summed E-state index contributed by atoms with van der Waals surface area (Å²) in [5.41, 5.74) is -2.59. The van der Waals surface area contributed by atoms with E-state index in [1.165, 1.54) is 18.9 Å². The number of likely N-dealkylation sites (N-methyl/N-ethyl adjacent to an activating group) is 1. The fourth-order valence-corrected chi connectivity index (χ4v) is 4.83. The SMILES string of the molecule is CCC[C@]12C[C@@]3(O)C(=O)N(C)[C@](C)(O)C(=O)N3[C@H]1Nc1ccccc12. The number of aliphatic hydroxyl groups is 2. The molecule has 0 unspecified atom stereocenters. The van der Waals surface area contributed by atoms with Crippen LogP contribution in [0.5, 0.6) is 0 Å². The van der Waals surface area contributed by atoms with Crippen molar-refractivity contribution in [1.82, 2.24) is 9.80 Å². The maximum absolute atomic E-state index is 13.0. The third kappa shape index (κ3) is 1.72. The molecule has 3 aliphatic heterocycles. The van der Waals surface area contributed by atoms with Crippen LogP contribution < -0.4 is 5.32 Å². The number of nitrogens with zero attached hydrogens (tertiary/aromatic N) is 2. The molecule has 7 nitrogen and oxygen atoms in total. The Balaban J connectivity index is 1.92. The molecule has 2 fully saturated rings. The predicted octanol–water partition coefficient (Wildman–Crippen LogP) is 0.578. The standard InChI is InChI=1S/C18H23N3O4/c1-4-9-17-10-18(25)15(23)20(3)16(2,24)14(22)21(18)13(17)19-12-8-6-5-7-11(12)17/h5-8,13,19,24-25H,4,9-10H2,1-3H3/t13-,16-,17-,18-/m1/s1. The van der Waals surface area contributed by atoms with Crippen molar-refractivity contribution in [2.75, 3.05) is 12.4 Å². The van der Waals surface area contributed by atoms with E-state index in [-0.39, 0.29) is 6.42 Å². The molecule has 3 heterocycles. The molecular weight excluding hydrogens is 322 g/mol. The van der Waals surface area contributed by atoms with Crippen LogP contribution in [0.25, 0.3) is 0 Å². The number of piperazine rings is 1. The van der Waals surface area contributed by atoms with Gasteiger partial charge >= 0.3 is 0 Å². The van der Waals surface area contributed by atoms with Gasteiger partial charge in [-0.2, -0.15) is 0 Å². The molecule has 0 aliphatic carbocycles. The molecule has 7 heteroatoms. The smallest absolute Gasteiger partial charge is 0.279 e. The number of fused-ring (bicyclic) bond motifs is 5. The Labute approximate surface area is 146 Å². The van der Waals surface area contributed by atoms with Gasteiger partial charge in [0.15, 0.2) is 0 Å². The van der Waals surface area contributed by atoms with Gasteiger partial charge in [0.1, 0.15) is 6.17 Å². The van der Waals surface area contributed by atoms with Crippen molar-refractivity contribution in [2.24, 2.45) is 0 Å². The summed E-state index contributed by atoms with van der Waals surface area (Å²) in [7, 11) is 1.34. The van der Waals surface area contributed by atoms with Gasteiger partial charge < -0.3 is 20.4 Å². The highest BCUT2D eigenvalue weighted by molar-refractivity contribution is 6.01. The fraction of sp³-hybridized carbons (Fsp3) is 0.556. The van der Waals surface area contributed by atoms with Crippen LogP contribution in [0.1, 0.15) is 38.7 Å². The Kier molecular flexibility index (Phi) is 3.10. The molecule has 0 bridgehead atoms. The van der Waals surface area contributed by atoms with Crippen molar-refractivity contribution in [2.45, 2.75) is 56.1 Å². The zero-order chi connectivity index (χ0) is 18.2. The first-order valence-electron chi connectivity index (χ1n) is 8.63. The Hall–Kier alpha value is -2.12. The Morgan fingerprint density at radius 2 is 1.92 bits per heavy atom. The number of hydrogen-bond donors (Lipinski definition) is 3. The van der Waals surface area contributed by atoms with Gasteiger partial charge in [0.25, 0.3) is 11.8 Å². The topological polar surface area (TPSA) is 93.1 Å². The Morgan fingerprint density at radius 3 is 2.60 bits per heavy atom. The lowest BCUT2D eigenvalue weighted by atomic mass is 9.74. The first kappa shape index (κ1) is 16.4. The van der Waals surface area contributed by atoms with Crippen molar-refractivity contribution in [3.63, 3.8) is 0 Å². The monoisotopic (exact) mass is 345 g/mol. The number of benzene rings is 1. The zero-order valence-electron chi connectivity index (χ0n) is 14.6. The lowest BCUT2D eigenvalue weighted by Crippen LogP contribution is -2.75. The average Bonchev–Trinajstić information content (AvgIpc) is 3.00. The van der Waals surface area contributed by atoms with Gasteiger partial charge in [-0.1, -0.05) is 31.5 Å². The summed E-state index contributed by atoms with van der Waals surface area (Å²) in [5.74, 6) is -1.32. The van der Waals surface area contributed by atoms with Crippen LogP contribution in [-0.4, -0.2) is 56.5 Å². The number of anilines is 1. The molecule has 1 aromatic carbocycles. The molecule has 3 N–H and O–H groups in total. The summed E-state index contributed by atoms with van der Waals surface area (Å²) in [5, 5.41) is 25.1. The van der Waals surface area contributed by atoms with E-state index in [4.69, 9.17) is 0 Å². The van der Waals surface area contributed by atoms with E-state index in [0.29, 0.717) is 6.42 Å². The molecule has 25 heavy (non-hydrogen) atoms. The van der Waals surface area contributed by atoms with Gasteiger partial charge in [0.05, 0.1) is 0 Å². The lowest BCUT2D eigenvalue weighted by Gasteiger charge is -2.49. The number of amides is 2. The van der Waals surface area contributed by atoms with Crippen molar-refractivity contribution >= 4 is 17.5 Å². The normalized spacial score (nSPS) is 39.2. The highest BCUT2D eigenvalue weighted by atomic mass is 16.4. The quantitative estimate of drug-likeness (QED) is 0.729. The van der Waals surface area contributed by atoms with E-state index in [2.05, 4.69) is 5.32 Å². The third-order valence-electron chi connectivity index (χ3n) is 6.12. The van der Waals surface area contributed by atoms with Crippen molar-refractivity contribution in [1.29, 1.82) is 0 Å². The number of carbonyl (C=O) groups excluding carboxylic acids is 2. The highest BCUT2D eigenvalue weighted by Crippen LogP contribution is 2.58. The van der Waals surface area contributed by atoms with Crippen molar-refractivity contribution in [3.05, 3.63) is 29.8 Å². The Morgan fingerprint density at radius 1 is 1.24 bits per heavy atom. The molecule has 0 saturated carbocycles. The second-order valence-electron chi connectivity index (χ2n) is 7.55. The van der Waals surface area contributed by atoms with Crippen molar-refractivity contribution < 1.29 is 19.8 Å². The Bertz CT molecular complexity index is 779. The first-order chi connectivity index (χ1) is 11.7. The van der Waals surface area contributed by atoms with Crippen LogP contribution in [0.3, 0.4) is 0 Å². The molecular formula is C18H23N3O4. The van der Waals surface area contributed by atoms with Crippen LogP contribution in [0, 0.1) is 0 Å². The number of rotatable bonds is 2. The van der Waals surface area contributed by atoms with Gasteiger partial charge in [-0.25, -0.2) is 0 Å². The van der Waals surface area contributed by atoms with Crippen LogP contribution in [-0.2, 0) is 15.0 Å². The largest absolute Gasteiger partial charge is 0.364 e. The molecule has 4 atom stereocenters. The van der Waals surface area contributed by atoms with Crippen LogP contribution in [0.4, 0.5) is 5.69 Å². The minimum absolute atomic E-state index is 0.119. The van der Waals surface area contributed by atoms with Gasteiger partial charge in [0, 0.05) is 24.6 Å². The lowest BCUT2D eigenvalue weighted by molar-refractivity contribution is -0.223. The zero-order valence-corrected chi connectivity index (χ0v) is 14.6. The number of nitrogens with one attached hydrogen (secondary N) is 1. The first-order valence-corrected chi connectivity index (χ1v) is 8.63. The molecule has 0 spiro atoms. The van der Waals surface area contributed by atoms with E-state index < -0.39 is 34.8 Å². The minimum Gasteiger partial charge on any atom is -0.364 e. The number of carbonyl (C=O) groups is 2. The highest BCUT2D eigenvalue weighted by Gasteiger charge is 2.72. The summed E-state index contributed by atoms with van der Waals surface area (Å²) in [6.45, 7) is 3.33. The van der Waals surface area contributed by atoms with Crippen molar-refractivity contribution in [3.8, 4) is 0 Å². The second-order valence-corrected chi connectivity index (χ2v) is 7.55. The molecule has 4 rings (SSSR count).